The first-order valence-corrected chi connectivity index (χ1v) is 16.7. The number of hydrogen-bond donors (Lipinski definition) is 3. The molecule has 7 aliphatic rings. The molecule has 44 heavy (non-hydrogen) atoms. The second-order valence-electron chi connectivity index (χ2n) is 13.4. The average molecular weight is 580 g/mol. The van der Waals surface area contributed by atoms with E-state index in [4.69, 9.17) is 4.74 Å². The van der Waals surface area contributed by atoms with Crippen LogP contribution >= 0.6 is 0 Å². The van der Waals surface area contributed by atoms with Gasteiger partial charge in [-0.15, -0.1) is 0 Å². The predicted molar refractivity (Wildman–Crippen MR) is 177 cm³/mol. The van der Waals surface area contributed by atoms with Crippen LogP contribution in [0.4, 0.5) is 0 Å². The van der Waals surface area contributed by atoms with Crippen LogP contribution in [-0.2, 0) is 10.2 Å². The molecule has 2 aliphatic heterocycles. The highest BCUT2D eigenvalue weighted by Gasteiger charge is 2.58. The first kappa shape index (κ1) is 26.7. The van der Waals surface area contributed by atoms with Gasteiger partial charge in [0, 0.05) is 17.3 Å². The van der Waals surface area contributed by atoms with Crippen molar-refractivity contribution >= 4 is 5.57 Å². The second kappa shape index (κ2) is 10.7. The van der Waals surface area contributed by atoms with Crippen molar-refractivity contribution in [2.75, 3.05) is 0 Å². The average Bonchev–Trinajstić information content (AvgIpc) is 3.39. The van der Waals surface area contributed by atoms with Crippen molar-refractivity contribution in [3.63, 3.8) is 0 Å². The molecule has 2 aromatic rings. The van der Waals surface area contributed by atoms with Gasteiger partial charge in [-0.2, -0.15) is 0 Å². The van der Waals surface area contributed by atoms with Crippen molar-refractivity contribution < 1.29 is 4.74 Å². The van der Waals surface area contributed by atoms with Crippen LogP contribution in [0.25, 0.3) is 5.57 Å². The van der Waals surface area contributed by atoms with E-state index in [1.807, 2.05) is 0 Å². The van der Waals surface area contributed by atoms with E-state index in [0.29, 0.717) is 11.8 Å². The topological polar surface area (TPSA) is 45.3 Å². The summed E-state index contributed by atoms with van der Waals surface area (Å²) in [6, 6.07) is 20.2. The standard InChI is InChI=1S/C40H41N3O/c1-3-13-26(14-4-1)37-41-38(27-15-5-2-6-16-27)43-39(42-37)28-23-24-30-29-17-7-8-18-31(29)40(34(30)25-28)32-19-9-11-21-35(32)44-36-22-12-10-20-33(36)40/h1-5,7-8,11-15,17-18,21-24,28,32,35,37-39,41-43H,6,9-10,16,19-20,25H2. The maximum atomic E-state index is 6.78. The van der Waals surface area contributed by atoms with Gasteiger partial charge in [-0.25, -0.2) is 0 Å². The third-order valence-corrected chi connectivity index (χ3v) is 11.2. The van der Waals surface area contributed by atoms with E-state index in [2.05, 4.69) is 125 Å². The summed E-state index contributed by atoms with van der Waals surface area (Å²) < 4.78 is 6.78. The molecule has 0 amide bonds. The van der Waals surface area contributed by atoms with Crippen LogP contribution in [0.1, 0.15) is 67.8 Å². The third kappa shape index (κ3) is 4.08. The van der Waals surface area contributed by atoms with Crippen molar-refractivity contribution in [2.24, 2.45) is 11.8 Å². The van der Waals surface area contributed by atoms with E-state index in [0.717, 1.165) is 50.7 Å². The van der Waals surface area contributed by atoms with Gasteiger partial charge in [0.25, 0.3) is 0 Å². The highest BCUT2D eigenvalue weighted by molar-refractivity contribution is 5.89. The van der Waals surface area contributed by atoms with Crippen LogP contribution in [0, 0.1) is 11.8 Å². The molecule has 7 unspecified atom stereocenters. The van der Waals surface area contributed by atoms with Crippen LogP contribution < -0.4 is 16.0 Å². The summed E-state index contributed by atoms with van der Waals surface area (Å²) in [6.45, 7) is 0. The number of fused-ring (bicyclic) bond motifs is 7. The molecule has 222 valence electrons. The van der Waals surface area contributed by atoms with Crippen molar-refractivity contribution in [2.45, 2.75) is 75.0 Å². The molecule has 0 bridgehead atoms. The Morgan fingerprint density at radius 1 is 0.750 bits per heavy atom. The number of hydrogen-bond acceptors (Lipinski definition) is 4. The molecule has 4 nitrogen and oxygen atoms in total. The molecule has 4 heteroatoms. The molecule has 2 aromatic carbocycles. The lowest BCUT2D eigenvalue weighted by atomic mass is 9.55. The summed E-state index contributed by atoms with van der Waals surface area (Å²) >= 11 is 0. The second-order valence-corrected chi connectivity index (χ2v) is 13.4. The molecule has 2 heterocycles. The van der Waals surface area contributed by atoms with Crippen LogP contribution in [0.15, 0.2) is 132 Å². The Bertz CT molecular complexity index is 1690. The molecule has 1 fully saturated rings. The number of benzene rings is 2. The van der Waals surface area contributed by atoms with Gasteiger partial charge in [0.1, 0.15) is 11.9 Å². The SMILES string of the molecule is C1=CCCC(C2NC(c3ccccc3)NC(C3C=CC4=C(C3)C3(C5=C(C=CCC5)OC5C=CCCC53)c3ccccc34)N2)=C1. The van der Waals surface area contributed by atoms with Gasteiger partial charge in [-0.05, 0) is 96.1 Å². The molecule has 9 rings (SSSR count). The van der Waals surface area contributed by atoms with Gasteiger partial charge < -0.3 is 4.74 Å². The normalized spacial score (nSPS) is 35.1. The molecule has 0 saturated carbocycles. The van der Waals surface area contributed by atoms with Crippen molar-refractivity contribution in [3.8, 4) is 0 Å². The van der Waals surface area contributed by atoms with E-state index in [1.165, 1.54) is 33.4 Å². The fourth-order valence-corrected chi connectivity index (χ4v) is 9.32. The van der Waals surface area contributed by atoms with Crippen LogP contribution in [0.2, 0.25) is 0 Å². The van der Waals surface area contributed by atoms with Gasteiger partial charge in [0.2, 0.25) is 0 Å². The highest BCUT2D eigenvalue weighted by atomic mass is 16.5. The molecular formula is C40H41N3O. The Labute approximate surface area is 261 Å². The molecule has 7 atom stereocenters. The van der Waals surface area contributed by atoms with E-state index < -0.39 is 0 Å². The van der Waals surface area contributed by atoms with E-state index in [9.17, 15) is 0 Å². The molecule has 0 aromatic heterocycles. The largest absolute Gasteiger partial charge is 0.486 e. The fraction of sp³-hybridized carbons (Fsp3) is 0.350. The molecule has 1 spiro atoms. The summed E-state index contributed by atoms with van der Waals surface area (Å²) in [7, 11) is 0. The maximum Gasteiger partial charge on any atom is 0.121 e. The summed E-state index contributed by atoms with van der Waals surface area (Å²) in [4.78, 5) is 0. The fourth-order valence-electron chi connectivity index (χ4n) is 9.32. The quantitative estimate of drug-likeness (QED) is 0.327. The zero-order chi connectivity index (χ0) is 29.1. The number of rotatable bonds is 3. The highest BCUT2D eigenvalue weighted by Crippen LogP contribution is 2.64. The Balaban J connectivity index is 1.13. The Morgan fingerprint density at radius 3 is 2.52 bits per heavy atom. The van der Waals surface area contributed by atoms with E-state index in [1.54, 1.807) is 5.57 Å². The van der Waals surface area contributed by atoms with Gasteiger partial charge in [0.05, 0.1) is 18.5 Å². The smallest absolute Gasteiger partial charge is 0.121 e. The summed E-state index contributed by atoms with van der Waals surface area (Å²) in [5, 5.41) is 12.0. The third-order valence-electron chi connectivity index (χ3n) is 11.2. The van der Waals surface area contributed by atoms with E-state index in [-0.39, 0.29) is 30.0 Å². The maximum absolute atomic E-state index is 6.78. The Kier molecular flexibility index (Phi) is 6.51. The Hall–Kier alpha value is -3.70. The Morgan fingerprint density at radius 2 is 1.61 bits per heavy atom. The molecule has 3 N–H and O–H groups in total. The zero-order valence-corrected chi connectivity index (χ0v) is 25.2. The van der Waals surface area contributed by atoms with Gasteiger partial charge in [0.15, 0.2) is 0 Å². The molecule has 0 radical (unpaired) electrons. The number of allylic oxidation sites excluding steroid dienone is 10. The van der Waals surface area contributed by atoms with Crippen LogP contribution in [0.5, 0.6) is 0 Å². The van der Waals surface area contributed by atoms with Gasteiger partial charge in [-0.1, -0.05) is 97.1 Å². The predicted octanol–water partition coefficient (Wildman–Crippen LogP) is 7.65. The van der Waals surface area contributed by atoms with Crippen LogP contribution in [0.3, 0.4) is 0 Å². The van der Waals surface area contributed by atoms with Gasteiger partial charge in [-0.3, -0.25) is 16.0 Å². The summed E-state index contributed by atoms with van der Waals surface area (Å²) in [5.74, 6) is 1.86. The monoisotopic (exact) mass is 579 g/mol. The molecular weight excluding hydrogens is 538 g/mol. The molecule has 1 saturated heterocycles. The lowest BCUT2D eigenvalue weighted by molar-refractivity contribution is 0.0410. The summed E-state index contributed by atoms with van der Waals surface area (Å²) in [6.07, 6.45) is 29.2. The van der Waals surface area contributed by atoms with Crippen molar-refractivity contribution in [1.82, 2.24) is 16.0 Å². The lowest BCUT2D eigenvalue weighted by Crippen LogP contribution is -2.66. The zero-order valence-electron chi connectivity index (χ0n) is 25.2. The van der Waals surface area contributed by atoms with Crippen LogP contribution in [-0.4, -0.2) is 18.4 Å². The number of nitrogens with one attached hydrogen (secondary N) is 3. The number of ether oxygens (including phenoxy) is 1. The molecule has 5 aliphatic carbocycles. The minimum absolute atomic E-state index is 0.0755. The van der Waals surface area contributed by atoms with E-state index >= 15 is 0 Å². The lowest BCUT2D eigenvalue weighted by Gasteiger charge is -2.52. The van der Waals surface area contributed by atoms with Crippen molar-refractivity contribution in [1.29, 1.82) is 0 Å². The first-order valence-electron chi connectivity index (χ1n) is 16.7. The van der Waals surface area contributed by atoms with Crippen molar-refractivity contribution in [3.05, 3.63) is 148 Å². The summed E-state index contributed by atoms with van der Waals surface area (Å²) in [5.41, 5.74) is 10.2. The first-order chi connectivity index (χ1) is 21.8. The van der Waals surface area contributed by atoms with Gasteiger partial charge >= 0.3 is 0 Å². The minimum Gasteiger partial charge on any atom is -0.486 e. The minimum atomic E-state index is -0.107.